The molecular weight excluding hydrogens is 384 g/mol. The lowest BCUT2D eigenvalue weighted by Crippen LogP contribution is -1.62. The van der Waals surface area contributed by atoms with E-state index in [1.807, 2.05) is 146 Å². The largest absolute Gasteiger partial charge is 0.0623 e. The Morgan fingerprint density at radius 2 is 0.344 bits per heavy atom. The summed E-state index contributed by atoms with van der Waals surface area (Å²) >= 11 is 0. The highest BCUT2D eigenvalue weighted by Crippen LogP contribution is 1.93. The van der Waals surface area contributed by atoms with Gasteiger partial charge in [0.05, 0.1) is 0 Å². The fourth-order valence-corrected chi connectivity index (χ4v) is 2.22. The molecule has 0 spiro atoms. The van der Waals surface area contributed by atoms with Gasteiger partial charge in [-0.1, -0.05) is 181 Å². The Labute approximate surface area is 194 Å². The van der Waals surface area contributed by atoms with Gasteiger partial charge in [-0.3, -0.25) is 0 Å². The van der Waals surface area contributed by atoms with Crippen LogP contribution in [0.3, 0.4) is 0 Å². The topological polar surface area (TPSA) is 0 Å². The summed E-state index contributed by atoms with van der Waals surface area (Å²) in [5, 5.41) is 0. The van der Waals surface area contributed by atoms with Crippen molar-refractivity contribution in [2.24, 2.45) is 0 Å². The first-order valence-electron chi connectivity index (χ1n) is 10.8. The smallest absolute Gasteiger partial charge is 0.0398 e. The van der Waals surface area contributed by atoms with Crippen LogP contribution in [0.4, 0.5) is 0 Å². The van der Waals surface area contributed by atoms with E-state index in [4.69, 9.17) is 0 Å². The van der Waals surface area contributed by atoms with E-state index in [1.54, 1.807) is 0 Å². The lowest BCUT2D eigenvalue weighted by molar-refractivity contribution is 1.48. The highest BCUT2D eigenvalue weighted by Gasteiger charge is 1.72. The van der Waals surface area contributed by atoms with Crippen LogP contribution in [-0.2, 0) is 0 Å². The van der Waals surface area contributed by atoms with E-state index in [9.17, 15) is 0 Å². The molecule has 32 heavy (non-hydrogen) atoms. The summed E-state index contributed by atoms with van der Waals surface area (Å²) in [6.45, 7) is 4.17. The number of benzene rings is 5. The minimum Gasteiger partial charge on any atom is -0.0623 e. The predicted octanol–water partition coefficient (Wildman–Crippen LogP) is 9.05. The van der Waals surface area contributed by atoms with Crippen molar-refractivity contribution < 1.29 is 0 Å². The van der Waals surface area contributed by atoms with Crippen molar-refractivity contribution in [3.8, 4) is 0 Å². The van der Waals surface area contributed by atoms with Gasteiger partial charge in [0.15, 0.2) is 0 Å². The zero-order valence-corrected chi connectivity index (χ0v) is 19.2. The number of hydrogen-bond acceptors (Lipinski definition) is 0. The van der Waals surface area contributed by atoms with Crippen molar-refractivity contribution in [1.29, 1.82) is 0 Å². The van der Waals surface area contributed by atoms with Crippen LogP contribution >= 0.6 is 0 Å². The van der Waals surface area contributed by atoms with E-state index in [2.05, 4.69) is 38.1 Å². The molecule has 0 amide bonds. The van der Waals surface area contributed by atoms with Crippen LogP contribution in [0.25, 0.3) is 0 Å². The lowest BCUT2D eigenvalue weighted by Gasteiger charge is -1.82. The zero-order chi connectivity index (χ0) is 23.0. The second-order valence-corrected chi connectivity index (χ2v) is 6.77. The van der Waals surface area contributed by atoms with E-state index >= 15 is 0 Å². The third-order valence-corrected chi connectivity index (χ3v) is 3.88. The second-order valence-electron chi connectivity index (χ2n) is 6.77. The van der Waals surface area contributed by atoms with Gasteiger partial charge in [0.25, 0.3) is 0 Å². The second kappa shape index (κ2) is 20.4. The molecule has 0 radical (unpaired) electrons. The maximum absolute atomic E-state index is 2.08. The Hall–Kier alpha value is -3.90. The fourth-order valence-electron chi connectivity index (χ4n) is 2.22. The van der Waals surface area contributed by atoms with E-state index in [1.165, 1.54) is 11.1 Å². The Bertz CT molecular complexity index is 756. The summed E-state index contributed by atoms with van der Waals surface area (Å²) < 4.78 is 0. The monoisotopic (exact) mass is 418 g/mol. The normalized spacial score (nSPS) is 8.31. The number of rotatable bonds is 0. The van der Waals surface area contributed by atoms with Gasteiger partial charge < -0.3 is 0 Å². The molecule has 0 N–H and O–H groups in total. The van der Waals surface area contributed by atoms with Crippen LogP contribution in [0.15, 0.2) is 170 Å². The van der Waals surface area contributed by atoms with Gasteiger partial charge in [-0.25, -0.2) is 0 Å². The van der Waals surface area contributed by atoms with Crippen LogP contribution in [0.5, 0.6) is 0 Å². The highest BCUT2D eigenvalue weighted by atomic mass is 13.8. The molecule has 0 atom stereocenters. The summed E-state index contributed by atoms with van der Waals surface area (Å²) in [5.41, 5.74) is 2.64. The van der Waals surface area contributed by atoms with Crippen LogP contribution in [0.1, 0.15) is 11.1 Å². The summed E-state index contributed by atoms with van der Waals surface area (Å²) in [5.74, 6) is 0. The minimum absolute atomic E-state index is 1.32. The quantitative estimate of drug-likeness (QED) is 0.235. The van der Waals surface area contributed by atoms with E-state index < -0.39 is 0 Å². The average Bonchev–Trinajstić information content (AvgIpc) is 2.90. The first-order chi connectivity index (χ1) is 15.8. The van der Waals surface area contributed by atoms with Gasteiger partial charge in [0.1, 0.15) is 0 Å². The van der Waals surface area contributed by atoms with Gasteiger partial charge in [-0.2, -0.15) is 0 Å². The van der Waals surface area contributed by atoms with E-state index in [-0.39, 0.29) is 0 Å². The average molecular weight is 419 g/mol. The van der Waals surface area contributed by atoms with E-state index in [0.29, 0.717) is 0 Å². The summed E-state index contributed by atoms with van der Waals surface area (Å²) in [4.78, 5) is 0. The lowest BCUT2D eigenvalue weighted by atomic mass is 10.2. The molecule has 0 aromatic heterocycles. The molecule has 162 valence electrons. The van der Waals surface area contributed by atoms with Crippen molar-refractivity contribution in [3.63, 3.8) is 0 Å². The first kappa shape index (κ1) is 26.1. The van der Waals surface area contributed by atoms with Crippen LogP contribution in [0.2, 0.25) is 0 Å². The molecule has 0 saturated heterocycles. The molecule has 0 fully saturated rings. The Balaban J connectivity index is 0.000000200. The molecule has 0 bridgehead atoms. The zero-order valence-electron chi connectivity index (χ0n) is 19.2. The number of aryl methyl sites for hydroxylation is 2. The fraction of sp³-hybridized carbons (Fsp3) is 0.0625. The molecule has 0 saturated carbocycles. The molecule has 0 heterocycles. The Morgan fingerprint density at radius 1 is 0.219 bits per heavy atom. The third-order valence-electron chi connectivity index (χ3n) is 3.88. The summed E-state index contributed by atoms with van der Waals surface area (Å²) in [6, 6.07) is 56.5. The predicted molar refractivity (Wildman–Crippen MR) is 142 cm³/mol. The molecule has 5 aromatic carbocycles. The molecule has 0 heteroatoms. The SMILES string of the molecule is Cc1ccccc1.Cc1ccccc1.c1ccccc1.c1ccccc1.c1ccccc1. The summed E-state index contributed by atoms with van der Waals surface area (Å²) in [6.07, 6.45) is 0. The maximum atomic E-state index is 2.08. The summed E-state index contributed by atoms with van der Waals surface area (Å²) in [7, 11) is 0. The van der Waals surface area contributed by atoms with Crippen molar-refractivity contribution in [3.05, 3.63) is 181 Å². The first-order valence-corrected chi connectivity index (χ1v) is 10.8. The van der Waals surface area contributed by atoms with Crippen LogP contribution in [-0.4, -0.2) is 0 Å². The van der Waals surface area contributed by atoms with E-state index in [0.717, 1.165) is 0 Å². The Morgan fingerprint density at radius 3 is 0.438 bits per heavy atom. The van der Waals surface area contributed by atoms with Crippen molar-refractivity contribution in [2.45, 2.75) is 13.8 Å². The minimum atomic E-state index is 1.32. The maximum Gasteiger partial charge on any atom is -0.0398 e. The van der Waals surface area contributed by atoms with Crippen LogP contribution in [0, 0.1) is 13.8 Å². The van der Waals surface area contributed by atoms with Gasteiger partial charge in [-0.05, 0) is 13.8 Å². The van der Waals surface area contributed by atoms with Crippen molar-refractivity contribution in [2.75, 3.05) is 0 Å². The molecule has 5 rings (SSSR count). The molecule has 0 aliphatic rings. The number of hydrogen-bond donors (Lipinski definition) is 0. The standard InChI is InChI=1S/2C7H8.3C6H6/c2*1-7-5-3-2-4-6-7;3*1-2-4-6-5-3-1/h2*2-6H,1H3;3*1-6H. The van der Waals surface area contributed by atoms with Gasteiger partial charge in [0, 0.05) is 0 Å². The van der Waals surface area contributed by atoms with Gasteiger partial charge >= 0.3 is 0 Å². The molecule has 5 aromatic rings. The molecule has 0 unspecified atom stereocenters. The highest BCUT2D eigenvalue weighted by molar-refractivity contribution is 5.12. The van der Waals surface area contributed by atoms with Crippen LogP contribution < -0.4 is 0 Å². The van der Waals surface area contributed by atoms with Gasteiger partial charge in [-0.15, -0.1) is 0 Å². The molecule has 0 nitrogen and oxygen atoms in total. The molecule has 0 aliphatic carbocycles. The van der Waals surface area contributed by atoms with Gasteiger partial charge in [0.2, 0.25) is 0 Å². The third kappa shape index (κ3) is 18.1. The Kier molecular flexibility index (Phi) is 16.6. The molecule has 0 aliphatic heterocycles. The van der Waals surface area contributed by atoms with Crippen molar-refractivity contribution >= 4 is 0 Å². The van der Waals surface area contributed by atoms with Crippen molar-refractivity contribution in [1.82, 2.24) is 0 Å². The molecular formula is C32H34.